The van der Waals surface area contributed by atoms with Gasteiger partial charge in [0.2, 0.25) is 0 Å². The van der Waals surface area contributed by atoms with E-state index in [4.69, 9.17) is 0 Å². The molecule has 2 aromatic heterocycles. The summed E-state index contributed by atoms with van der Waals surface area (Å²) in [6, 6.07) is 14.1. The maximum Gasteiger partial charge on any atom is 0.274 e. The lowest BCUT2D eigenvalue weighted by molar-refractivity contribution is 0.0746. The number of hydrogen-bond donors (Lipinski definition) is 1. The number of aromatic nitrogens is 2. The van der Waals surface area contributed by atoms with Gasteiger partial charge in [0.25, 0.3) is 5.91 Å². The van der Waals surface area contributed by atoms with Crippen LogP contribution in [-0.2, 0) is 6.54 Å². The molecule has 1 amide bonds. The molecule has 25 heavy (non-hydrogen) atoms. The van der Waals surface area contributed by atoms with Crippen molar-refractivity contribution in [1.29, 1.82) is 0 Å². The average Bonchev–Trinajstić information content (AvgIpc) is 3.30. The zero-order valence-corrected chi connectivity index (χ0v) is 15.5. The molecule has 0 aliphatic carbocycles. The maximum absolute atomic E-state index is 12.8. The Labute approximate surface area is 151 Å². The first-order valence-electron chi connectivity index (χ1n) is 8.23. The summed E-state index contributed by atoms with van der Waals surface area (Å²) in [4.78, 5) is 17.7. The molecule has 0 unspecified atom stereocenters. The lowest BCUT2D eigenvalue weighted by Crippen LogP contribution is -2.30. The van der Waals surface area contributed by atoms with Crippen LogP contribution in [-0.4, -0.2) is 41.6 Å². The van der Waals surface area contributed by atoms with Crippen molar-refractivity contribution in [2.45, 2.75) is 13.5 Å². The van der Waals surface area contributed by atoms with Gasteiger partial charge in [0.15, 0.2) is 5.69 Å². The molecule has 0 saturated heterocycles. The van der Waals surface area contributed by atoms with Crippen LogP contribution in [0, 0.1) is 0 Å². The van der Waals surface area contributed by atoms with Crippen molar-refractivity contribution in [2.75, 3.05) is 25.5 Å². The van der Waals surface area contributed by atoms with Crippen LogP contribution < -0.4 is 4.90 Å². The summed E-state index contributed by atoms with van der Waals surface area (Å²) in [7, 11) is 4.03. The molecule has 0 bridgehead atoms. The number of H-pyrrole nitrogens is 1. The summed E-state index contributed by atoms with van der Waals surface area (Å²) >= 11 is 1.62. The molecule has 0 fully saturated rings. The minimum atomic E-state index is -0.0572. The summed E-state index contributed by atoms with van der Waals surface area (Å²) in [5.74, 6) is -0.0572. The molecule has 3 rings (SSSR count). The van der Waals surface area contributed by atoms with E-state index in [1.165, 1.54) is 0 Å². The second-order valence-corrected chi connectivity index (χ2v) is 6.97. The molecule has 0 saturated carbocycles. The summed E-state index contributed by atoms with van der Waals surface area (Å²) < 4.78 is 0. The minimum absolute atomic E-state index is 0.0572. The van der Waals surface area contributed by atoms with Gasteiger partial charge in [0.05, 0.1) is 10.6 Å². The average molecular weight is 354 g/mol. The molecule has 5 nitrogen and oxygen atoms in total. The van der Waals surface area contributed by atoms with E-state index < -0.39 is 0 Å². The number of benzene rings is 1. The van der Waals surface area contributed by atoms with Gasteiger partial charge >= 0.3 is 0 Å². The Hall–Kier alpha value is -2.60. The standard InChI is InChI=1S/C19H22N4OS/c1-4-23(13-14-7-9-15(10-8-14)22(2)3)19(24)17-12-16(20-21-17)18-6-5-11-25-18/h5-12H,4,13H2,1-3H3,(H,20,21). The summed E-state index contributed by atoms with van der Waals surface area (Å²) in [6.45, 7) is 3.19. The van der Waals surface area contributed by atoms with Crippen LogP contribution in [0.5, 0.6) is 0 Å². The molecule has 0 aliphatic rings. The zero-order chi connectivity index (χ0) is 17.8. The fourth-order valence-corrected chi connectivity index (χ4v) is 3.29. The fourth-order valence-electron chi connectivity index (χ4n) is 2.60. The van der Waals surface area contributed by atoms with Crippen LogP contribution >= 0.6 is 11.3 Å². The van der Waals surface area contributed by atoms with Crippen molar-refractivity contribution in [1.82, 2.24) is 15.1 Å². The van der Waals surface area contributed by atoms with Gasteiger partial charge in [0, 0.05) is 32.9 Å². The van der Waals surface area contributed by atoms with Gasteiger partial charge in [-0.15, -0.1) is 11.3 Å². The third-order valence-electron chi connectivity index (χ3n) is 4.08. The number of nitrogens with one attached hydrogen (secondary N) is 1. The molecule has 6 heteroatoms. The number of amides is 1. The molecule has 1 N–H and O–H groups in total. The number of thiophene rings is 1. The van der Waals surface area contributed by atoms with E-state index in [1.807, 2.05) is 44.6 Å². The van der Waals surface area contributed by atoms with E-state index in [1.54, 1.807) is 16.2 Å². The van der Waals surface area contributed by atoms with Gasteiger partial charge in [-0.05, 0) is 42.1 Å². The smallest absolute Gasteiger partial charge is 0.274 e. The monoisotopic (exact) mass is 354 g/mol. The first-order chi connectivity index (χ1) is 12.1. The SMILES string of the molecule is CCN(Cc1ccc(N(C)C)cc1)C(=O)c1cc(-c2cccs2)[nH]n1. The molecule has 130 valence electrons. The number of hydrogen-bond acceptors (Lipinski definition) is 4. The van der Waals surface area contributed by atoms with Crippen LogP contribution in [0.25, 0.3) is 10.6 Å². The summed E-state index contributed by atoms with van der Waals surface area (Å²) in [6.07, 6.45) is 0. The van der Waals surface area contributed by atoms with Gasteiger partial charge in [-0.3, -0.25) is 9.89 Å². The molecule has 0 spiro atoms. The Balaban J connectivity index is 1.73. The van der Waals surface area contributed by atoms with Crippen molar-refractivity contribution in [2.24, 2.45) is 0 Å². The molecular formula is C19H22N4OS. The molecule has 1 aromatic carbocycles. The predicted molar refractivity (Wildman–Crippen MR) is 103 cm³/mol. The van der Waals surface area contributed by atoms with Gasteiger partial charge in [-0.2, -0.15) is 5.10 Å². The molecule has 2 heterocycles. The van der Waals surface area contributed by atoms with E-state index in [0.717, 1.165) is 21.8 Å². The topological polar surface area (TPSA) is 52.2 Å². The maximum atomic E-state index is 12.8. The highest BCUT2D eigenvalue weighted by Crippen LogP contribution is 2.23. The van der Waals surface area contributed by atoms with Crippen LogP contribution in [0.3, 0.4) is 0 Å². The highest BCUT2D eigenvalue weighted by molar-refractivity contribution is 7.13. The van der Waals surface area contributed by atoms with E-state index in [9.17, 15) is 4.79 Å². The second-order valence-electron chi connectivity index (χ2n) is 6.02. The normalized spacial score (nSPS) is 10.7. The Morgan fingerprint density at radius 3 is 2.56 bits per heavy atom. The third-order valence-corrected chi connectivity index (χ3v) is 4.98. The Kier molecular flexibility index (Phi) is 5.19. The van der Waals surface area contributed by atoms with E-state index >= 15 is 0 Å². The van der Waals surface area contributed by atoms with Crippen LogP contribution in [0.15, 0.2) is 47.8 Å². The van der Waals surface area contributed by atoms with Gasteiger partial charge in [0.1, 0.15) is 0 Å². The third kappa shape index (κ3) is 3.91. The van der Waals surface area contributed by atoms with Crippen molar-refractivity contribution >= 4 is 22.9 Å². The van der Waals surface area contributed by atoms with Gasteiger partial charge in [-0.25, -0.2) is 0 Å². The Bertz CT molecular complexity index is 821. The number of anilines is 1. The van der Waals surface area contributed by atoms with Crippen molar-refractivity contribution in [3.63, 3.8) is 0 Å². The Morgan fingerprint density at radius 2 is 1.96 bits per heavy atom. The van der Waals surface area contributed by atoms with E-state index in [2.05, 4.69) is 39.4 Å². The van der Waals surface area contributed by atoms with Gasteiger partial charge in [-0.1, -0.05) is 18.2 Å². The highest BCUT2D eigenvalue weighted by atomic mass is 32.1. The quantitative estimate of drug-likeness (QED) is 0.731. The first-order valence-corrected chi connectivity index (χ1v) is 9.11. The summed E-state index contributed by atoms with van der Waals surface area (Å²) in [5.41, 5.74) is 3.58. The lowest BCUT2D eigenvalue weighted by Gasteiger charge is -2.20. The van der Waals surface area contributed by atoms with Crippen LogP contribution in [0.4, 0.5) is 5.69 Å². The van der Waals surface area contributed by atoms with Crippen LogP contribution in [0.1, 0.15) is 23.0 Å². The lowest BCUT2D eigenvalue weighted by atomic mass is 10.1. The largest absolute Gasteiger partial charge is 0.378 e. The molecular weight excluding hydrogens is 332 g/mol. The molecule has 0 atom stereocenters. The van der Waals surface area contributed by atoms with Crippen molar-refractivity contribution in [3.05, 3.63) is 59.1 Å². The molecule has 3 aromatic rings. The molecule has 0 radical (unpaired) electrons. The number of carbonyl (C=O) groups is 1. The fraction of sp³-hybridized carbons (Fsp3) is 0.263. The first kappa shape index (κ1) is 17.2. The van der Waals surface area contributed by atoms with Crippen LogP contribution in [0.2, 0.25) is 0 Å². The number of nitrogens with zero attached hydrogens (tertiary/aromatic N) is 3. The van der Waals surface area contributed by atoms with Crippen molar-refractivity contribution < 1.29 is 4.79 Å². The minimum Gasteiger partial charge on any atom is -0.378 e. The van der Waals surface area contributed by atoms with Gasteiger partial charge < -0.3 is 9.80 Å². The van der Waals surface area contributed by atoms with E-state index in [0.29, 0.717) is 18.8 Å². The molecule has 0 aliphatic heterocycles. The zero-order valence-electron chi connectivity index (χ0n) is 14.7. The van der Waals surface area contributed by atoms with Crippen molar-refractivity contribution in [3.8, 4) is 10.6 Å². The number of rotatable bonds is 6. The Morgan fingerprint density at radius 1 is 1.20 bits per heavy atom. The summed E-state index contributed by atoms with van der Waals surface area (Å²) in [5, 5.41) is 9.17. The van der Waals surface area contributed by atoms with E-state index in [-0.39, 0.29) is 5.91 Å². The second kappa shape index (κ2) is 7.53. The number of aromatic amines is 1. The highest BCUT2D eigenvalue weighted by Gasteiger charge is 2.18. The predicted octanol–water partition coefficient (Wildman–Crippen LogP) is 3.87. The number of carbonyl (C=O) groups excluding carboxylic acids is 1.